The van der Waals surface area contributed by atoms with Gasteiger partial charge in [0.1, 0.15) is 5.82 Å². The normalized spacial score (nSPS) is 10.8. The van der Waals surface area contributed by atoms with Crippen molar-refractivity contribution in [2.75, 3.05) is 23.8 Å². The van der Waals surface area contributed by atoms with Crippen LogP contribution in [0.15, 0.2) is 27.8 Å². The Morgan fingerprint density at radius 1 is 1.06 bits per heavy atom. The van der Waals surface area contributed by atoms with Gasteiger partial charge < -0.3 is 15.4 Å². The predicted molar refractivity (Wildman–Crippen MR) is 129 cm³/mol. The lowest BCUT2D eigenvalue weighted by atomic mass is 10.2. The van der Waals surface area contributed by atoms with Gasteiger partial charge in [0.05, 0.1) is 5.56 Å². The fourth-order valence-electron chi connectivity index (χ4n) is 3.22. The zero-order chi connectivity index (χ0) is 24.5. The van der Waals surface area contributed by atoms with Crippen molar-refractivity contribution in [2.45, 2.75) is 52.5 Å². The second kappa shape index (κ2) is 12.5. The molecule has 2 aromatic rings. The Morgan fingerprint density at radius 3 is 2.30 bits per heavy atom. The van der Waals surface area contributed by atoms with Crippen LogP contribution >= 0.6 is 23.2 Å². The average molecular weight is 499 g/mol. The number of aromatic nitrogens is 2. The number of ether oxygens (including phenoxy) is 1. The highest BCUT2D eigenvalue weighted by Crippen LogP contribution is 2.21. The number of carbonyl (C=O) groups is 2. The molecule has 0 aliphatic rings. The van der Waals surface area contributed by atoms with Crippen molar-refractivity contribution in [3.8, 4) is 0 Å². The summed E-state index contributed by atoms with van der Waals surface area (Å²) in [6, 6.07) is 4.19. The van der Waals surface area contributed by atoms with Crippen molar-refractivity contribution in [1.82, 2.24) is 9.55 Å². The quantitative estimate of drug-likeness (QED) is 0.359. The van der Waals surface area contributed by atoms with Crippen molar-refractivity contribution in [3.63, 3.8) is 0 Å². The lowest BCUT2D eigenvalue weighted by Crippen LogP contribution is -2.43. The topological polar surface area (TPSA) is 127 Å². The zero-order valence-corrected chi connectivity index (χ0v) is 20.2. The summed E-state index contributed by atoms with van der Waals surface area (Å²) in [5.41, 5.74) is 4.70. The third-order valence-electron chi connectivity index (χ3n) is 4.93. The molecule has 0 aliphatic carbocycles. The van der Waals surface area contributed by atoms with E-state index in [2.05, 4.69) is 4.98 Å². The van der Waals surface area contributed by atoms with Crippen molar-refractivity contribution in [2.24, 2.45) is 0 Å². The van der Waals surface area contributed by atoms with Crippen LogP contribution in [0.25, 0.3) is 0 Å². The van der Waals surface area contributed by atoms with Gasteiger partial charge in [-0.2, -0.15) is 0 Å². The molecule has 0 aliphatic heterocycles. The Labute approximate surface area is 201 Å². The number of halogens is 2. The Morgan fingerprint density at radius 2 is 1.70 bits per heavy atom. The van der Waals surface area contributed by atoms with Gasteiger partial charge in [0.2, 0.25) is 0 Å². The van der Waals surface area contributed by atoms with E-state index in [-0.39, 0.29) is 33.7 Å². The molecule has 11 heteroatoms. The van der Waals surface area contributed by atoms with Gasteiger partial charge in [-0.25, -0.2) is 9.59 Å². The van der Waals surface area contributed by atoms with Crippen molar-refractivity contribution >= 4 is 46.6 Å². The zero-order valence-electron chi connectivity index (χ0n) is 18.7. The van der Waals surface area contributed by atoms with E-state index in [1.807, 2.05) is 13.8 Å². The molecule has 1 amide bonds. The van der Waals surface area contributed by atoms with E-state index in [9.17, 15) is 19.2 Å². The molecule has 2 rings (SSSR count). The third kappa shape index (κ3) is 7.10. The molecule has 0 radical (unpaired) electrons. The Hall–Kier alpha value is -2.78. The SMILES string of the molecule is CCCCCN(C(=O)COC(=O)c1cc(Cl)cc(Cl)c1)c1c(N)n(CCCC)c(=O)[nH]c1=O. The van der Waals surface area contributed by atoms with Crippen molar-refractivity contribution < 1.29 is 14.3 Å². The van der Waals surface area contributed by atoms with Crippen LogP contribution in [0.3, 0.4) is 0 Å². The summed E-state index contributed by atoms with van der Waals surface area (Å²) in [7, 11) is 0. The van der Waals surface area contributed by atoms with Crippen LogP contribution in [-0.2, 0) is 16.1 Å². The van der Waals surface area contributed by atoms with Crippen LogP contribution in [0.2, 0.25) is 10.0 Å². The lowest BCUT2D eigenvalue weighted by Gasteiger charge is -2.24. The molecular weight excluding hydrogens is 471 g/mol. The van der Waals surface area contributed by atoms with Crippen LogP contribution < -0.4 is 21.9 Å². The monoisotopic (exact) mass is 498 g/mol. The van der Waals surface area contributed by atoms with E-state index in [0.29, 0.717) is 19.4 Å². The number of carbonyl (C=O) groups excluding carboxylic acids is 2. The number of nitrogens with one attached hydrogen (secondary N) is 1. The number of nitrogen functional groups attached to an aromatic ring is 1. The number of esters is 1. The molecular formula is C22H28Cl2N4O5. The van der Waals surface area contributed by atoms with Gasteiger partial charge in [0.25, 0.3) is 11.5 Å². The number of nitrogens with zero attached hydrogens (tertiary/aromatic N) is 2. The fourth-order valence-corrected chi connectivity index (χ4v) is 3.74. The molecule has 33 heavy (non-hydrogen) atoms. The van der Waals surface area contributed by atoms with Gasteiger partial charge in [-0.05, 0) is 31.0 Å². The standard InChI is InChI=1S/C22H28Cl2N4O5/c1-3-5-7-9-27(18-19(25)28(8-6-4-2)22(32)26-20(18)30)17(29)13-33-21(31)14-10-15(23)12-16(24)11-14/h10-12H,3-9,13,25H2,1-2H3,(H,26,30,32). The number of aromatic amines is 1. The first-order valence-electron chi connectivity index (χ1n) is 10.8. The number of unbranched alkanes of at least 4 members (excludes halogenated alkanes) is 3. The van der Waals surface area contributed by atoms with E-state index in [0.717, 1.165) is 19.3 Å². The molecule has 0 bridgehead atoms. The smallest absolute Gasteiger partial charge is 0.338 e. The Kier molecular flexibility index (Phi) is 9.99. The van der Waals surface area contributed by atoms with Gasteiger partial charge in [-0.15, -0.1) is 0 Å². The van der Waals surface area contributed by atoms with Gasteiger partial charge in [0, 0.05) is 23.1 Å². The first-order chi connectivity index (χ1) is 15.7. The van der Waals surface area contributed by atoms with Crippen molar-refractivity contribution in [3.05, 3.63) is 54.6 Å². The second-order valence-electron chi connectivity index (χ2n) is 7.49. The summed E-state index contributed by atoms with van der Waals surface area (Å²) in [5.74, 6) is -1.54. The molecule has 1 aromatic carbocycles. The first-order valence-corrected chi connectivity index (χ1v) is 11.5. The highest BCUT2D eigenvalue weighted by atomic mass is 35.5. The van der Waals surface area contributed by atoms with Crippen LogP contribution in [0.5, 0.6) is 0 Å². The molecule has 1 aromatic heterocycles. The Balaban J connectivity index is 2.32. The average Bonchev–Trinajstić information content (AvgIpc) is 2.75. The van der Waals surface area contributed by atoms with Gasteiger partial charge in [-0.1, -0.05) is 56.3 Å². The lowest BCUT2D eigenvalue weighted by molar-refractivity contribution is -0.121. The molecule has 0 saturated heterocycles. The molecule has 0 atom stereocenters. The van der Waals surface area contributed by atoms with Crippen LogP contribution in [0.1, 0.15) is 56.3 Å². The number of amides is 1. The summed E-state index contributed by atoms with van der Waals surface area (Å²) in [4.78, 5) is 53.6. The predicted octanol–water partition coefficient (Wildman–Crippen LogP) is 3.61. The van der Waals surface area contributed by atoms with E-state index < -0.39 is 29.7 Å². The number of anilines is 2. The van der Waals surface area contributed by atoms with Crippen LogP contribution in [0, 0.1) is 0 Å². The summed E-state index contributed by atoms with van der Waals surface area (Å²) in [6.07, 6.45) is 3.75. The highest BCUT2D eigenvalue weighted by Gasteiger charge is 2.25. The molecule has 0 saturated carbocycles. The number of hydrogen-bond acceptors (Lipinski definition) is 6. The fraction of sp³-hybridized carbons (Fsp3) is 0.455. The third-order valence-corrected chi connectivity index (χ3v) is 5.37. The Bertz CT molecular complexity index is 1090. The first kappa shape index (κ1) is 26.5. The summed E-state index contributed by atoms with van der Waals surface area (Å²) in [5, 5.41) is 0.492. The van der Waals surface area contributed by atoms with Crippen molar-refractivity contribution in [1.29, 1.82) is 0 Å². The van der Waals surface area contributed by atoms with E-state index >= 15 is 0 Å². The van der Waals surface area contributed by atoms with E-state index in [4.69, 9.17) is 33.7 Å². The van der Waals surface area contributed by atoms with Gasteiger partial charge in [-0.3, -0.25) is 19.1 Å². The number of H-pyrrole nitrogens is 1. The second-order valence-corrected chi connectivity index (χ2v) is 8.36. The van der Waals surface area contributed by atoms with E-state index in [1.54, 1.807) is 0 Å². The van der Waals surface area contributed by atoms with Crippen LogP contribution in [0.4, 0.5) is 11.5 Å². The summed E-state index contributed by atoms with van der Waals surface area (Å²) in [6.45, 7) is 3.78. The number of benzene rings is 1. The molecule has 1 heterocycles. The maximum atomic E-state index is 13.0. The maximum Gasteiger partial charge on any atom is 0.338 e. The molecule has 0 spiro atoms. The van der Waals surface area contributed by atoms with Crippen LogP contribution in [-0.4, -0.2) is 34.6 Å². The van der Waals surface area contributed by atoms with E-state index in [1.165, 1.54) is 27.7 Å². The molecule has 0 unspecified atom stereocenters. The molecule has 180 valence electrons. The van der Waals surface area contributed by atoms with Gasteiger partial charge in [0.15, 0.2) is 12.3 Å². The summed E-state index contributed by atoms with van der Waals surface area (Å²) >= 11 is 11.8. The number of rotatable bonds is 11. The minimum Gasteiger partial charge on any atom is -0.452 e. The molecule has 3 N–H and O–H groups in total. The highest BCUT2D eigenvalue weighted by molar-refractivity contribution is 6.35. The minimum atomic E-state index is -0.795. The minimum absolute atomic E-state index is 0.0864. The largest absolute Gasteiger partial charge is 0.452 e. The van der Waals surface area contributed by atoms with Gasteiger partial charge >= 0.3 is 11.7 Å². The number of hydrogen-bond donors (Lipinski definition) is 2. The molecule has 9 nitrogen and oxygen atoms in total. The maximum absolute atomic E-state index is 13.0. The number of nitrogens with two attached hydrogens (primary N) is 1. The summed E-state index contributed by atoms with van der Waals surface area (Å²) < 4.78 is 6.37. The molecule has 0 fully saturated rings.